The number of aromatic nitrogens is 2. The van der Waals surface area contributed by atoms with Crippen LogP contribution in [-0.4, -0.2) is 40.7 Å². The molecule has 0 fully saturated rings. The standard InChI is InChI=1S/C34H38N6O4/c1-22-11-12-25(39-31(41)23-9-7-10-24(17-23)34(5,6)20-35)18-28(22)40-30-27-14-13-26(19-29(27)37-21-38-30)43-16-8-15-36-32(42)44-33(2,3)4/h7,9-14,17-19,21H,8,15-16H2,1-6H3,(H,36,42)(H,39,41)(H,37,38,40). The van der Waals surface area contributed by atoms with Gasteiger partial charge in [0, 0.05) is 34.9 Å². The molecule has 10 nitrogen and oxygen atoms in total. The maximum atomic E-state index is 13.1. The predicted octanol–water partition coefficient (Wildman–Crippen LogP) is 7.03. The van der Waals surface area contributed by atoms with Gasteiger partial charge in [0.2, 0.25) is 0 Å². The van der Waals surface area contributed by atoms with Crippen molar-refractivity contribution in [1.29, 1.82) is 5.26 Å². The van der Waals surface area contributed by atoms with Crippen LogP contribution in [0.25, 0.3) is 10.9 Å². The molecule has 0 aliphatic carbocycles. The quantitative estimate of drug-likeness (QED) is 0.166. The lowest BCUT2D eigenvalue weighted by Crippen LogP contribution is -2.33. The largest absolute Gasteiger partial charge is 0.493 e. The molecule has 3 aromatic carbocycles. The molecule has 44 heavy (non-hydrogen) atoms. The van der Waals surface area contributed by atoms with Crippen LogP contribution >= 0.6 is 0 Å². The summed E-state index contributed by atoms with van der Waals surface area (Å²) < 4.78 is 11.1. The number of alkyl carbamates (subject to hydrolysis) is 1. The van der Waals surface area contributed by atoms with Crippen LogP contribution in [0, 0.1) is 18.3 Å². The van der Waals surface area contributed by atoms with Crippen LogP contribution < -0.4 is 20.7 Å². The summed E-state index contributed by atoms with van der Waals surface area (Å²) in [7, 11) is 0. The lowest BCUT2D eigenvalue weighted by Gasteiger charge is -2.19. The molecule has 2 amide bonds. The molecule has 0 saturated carbocycles. The highest BCUT2D eigenvalue weighted by Gasteiger charge is 2.21. The number of hydrogen-bond acceptors (Lipinski definition) is 8. The van der Waals surface area contributed by atoms with Crippen molar-refractivity contribution in [3.05, 3.63) is 83.7 Å². The number of aryl methyl sites for hydroxylation is 1. The van der Waals surface area contributed by atoms with Gasteiger partial charge in [-0.2, -0.15) is 5.26 Å². The van der Waals surface area contributed by atoms with Gasteiger partial charge in [0.15, 0.2) is 0 Å². The van der Waals surface area contributed by atoms with E-state index in [1.54, 1.807) is 18.2 Å². The first-order valence-corrected chi connectivity index (χ1v) is 14.4. The number of hydrogen-bond donors (Lipinski definition) is 3. The summed E-state index contributed by atoms with van der Waals surface area (Å²) in [6.07, 6.45) is 1.65. The van der Waals surface area contributed by atoms with E-state index in [2.05, 4.69) is 32.0 Å². The van der Waals surface area contributed by atoms with Crippen LogP contribution in [0.5, 0.6) is 5.75 Å². The first-order chi connectivity index (χ1) is 20.8. The van der Waals surface area contributed by atoms with Crippen LogP contribution in [0.3, 0.4) is 0 Å². The molecule has 0 bridgehead atoms. The summed E-state index contributed by atoms with van der Waals surface area (Å²) in [6.45, 7) is 11.9. The van der Waals surface area contributed by atoms with E-state index in [4.69, 9.17) is 9.47 Å². The number of rotatable bonds is 10. The van der Waals surface area contributed by atoms with E-state index in [-0.39, 0.29) is 5.91 Å². The van der Waals surface area contributed by atoms with Crippen LogP contribution in [0.4, 0.5) is 22.0 Å². The van der Waals surface area contributed by atoms with E-state index in [9.17, 15) is 14.9 Å². The highest BCUT2D eigenvalue weighted by Crippen LogP contribution is 2.29. The normalized spacial score (nSPS) is 11.4. The van der Waals surface area contributed by atoms with Gasteiger partial charge in [-0.25, -0.2) is 14.8 Å². The maximum absolute atomic E-state index is 13.1. The molecule has 228 valence electrons. The first kappa shape index (κ1) is 31.8. The average Bonchev–Trinajstić information content (AvgIpc) is 2.98. The highest BCUT2D eigenvalue weighted by molar-refractivity contribution is 6.04. The third-order valence-corrected chi connectivity index (χ3v) is 6.74. The fraction of sp³-hybridized carbons (Fsp3) is 0.324. The summed E-state index contributed by atoms with van der Waals surface area (Å²) in [6, 6.07) is 20.6. The fourth-order valence-electron chi connectivity index (χ4n) is 4.27. The van der Waals surface area contributed by atoms with Crippen molar-refractivity contribution in [3.63, 3.8) is 0 Å². The van der Waals surface area contributed by atoms with Gasteiger partial charge in [0.05, 0.1) is 23.6 Å². The summed E-state index contributed by atoms with van der Waals surface area (Å²) in [5.74, 6) is 1.000. The second kappa shape index (κ2) is 13.4. The molecule has 1 aromatic heterocycles. The number of carbonyl (C=O) groups excluding carboxylic acids is 2. The number of nitriles is 1. The Balaban J connectivity index is 1.41. The number of fused-ring (bicyclic) bond motifs is 1. The Morgan fingerprint density at radius 2 is 1.77 bits per heavy atom. The Morgan fingerprint density at radius 3 is 2.52 bits per heavy atom. The molecule has 0 saturated heterocycles. The number of nitrogens with zero attached hydrogens (tertiary/aromatic N) is 3. The molecule has 0 aliphatic heterocycles. The van der Waals surface area contributed by atoms with Crippen molar-refractivity contribution < 1.29 is 19.1 Å². The Labute approximate surface area is 257 Å². The van der Waals surface area contributed by atoms with Crippen LogP contribution in [0.15, 0.2) is 67.0 Å². The topological polar surface area (TPSA) is 138 Å². The summed E-state index contributed by atoms with van der Waals surface area (Å²) in [5.41, 5.74) is 3.07. The van der Waals surface area contributed by atoms with Gasteiger partial charge >= 0.3 is 6.09 Å². The Kier molecular flexibility index (Phi) is 9.69. The van der Waals surface area contributed by atoms with Gasteiger partial charge in [-0.3, -0.25) is 4.79 Å². The van der Waals surface area contributed by atoms with E-state index in [1.807, 2.05) is 84.0 Å². The molecule has 0 unspecified atom stereocenters. The Hall–Kier alpha value is -5.17. The van der Waals surface area contributed by atoms with Crippen LogP contribution in [0.2, 0.25) is 0 Å². The van der Waals surface area contributed by atoms with E-state index >= 15 is 0 Å². The third-order valence-electron chi connectivity index (χ3n) is 6.74. The molecule has 0 aliphatic rings. The molecule has 4 aromatic rings. The smallest absolute Gasteiger partial charge is 0.407 e. The molecule has 0 atom stereocenters. The SMILES string of the molecule is Cc1ccc(NC(=O)c2cccc(C(C)(C)C#N)c2)cc1Nc1ncnc2cc(OCCCNC(=O)OC(C)(C)C)ccc12. The van der Waals surface area contributed by atoms with Crippen LogP contribution in [-0.2, 0) is 10.2 Å². The van der Waals surface area contributed by atoms with Gasteiger partial charge in [0.1, 0.15) is 23.5 Å². The molecule has 4 rings (SSSR count). The predicted molar refractivity (Wildman–Crippen MR) is 171 cm³/mol. The first-order valence-electron chi connectivity index (χ1n) is 14.4. The van der Waals surface area contributed by atoms with E-state index in [1.165, 1.54) is 6.33 Å². The van der Waals surface area contributed by atoms with Crippen LogP contribution in [0.1, 0.15) is 62.5 Å². The minimum Gasteiger partial charge on any atom is -0.493 e. The highest BCUT2D eigenvalue weighted by atomic mass is 16.6. The number of anilines is 3. The molecular weight excluding hydrogens is 556 g/mol. The average molecular weight is 595 g/mol. The zero-order valence-corrected chi connectivity index (χ0v) is 25.9. The molecule has 0 radical (unpaired) electrons. The van der Waals surface area contributed by atoms with E-state index < -0.39 is 17.1 Å². The summed E-state index contributed by atoms with van der Waals surface area (Å²) >= 11 is 0. The third kappa shape index (κ3) is 8.44. The van der Waals surface area contributed by atoms with Gasteiger partial charge in [-0.15, -0.1) is 0 Å². The van der Waals surface area contributed by atoms with Gasteiger partial charge in [-0.05, 0) is 95.5 Å². The second-order valence-corrected chi connectivity index (χ2v) is 12.0. The van der Waals surface area contributed by atoms with E-state index in [0.29, 0.717) is 47.9 Å². The lowest BCUT2D eigenvalue weighted by atomic mass is 9.85. The lowest BCUT2D eigenvalue weighted by molar-refractivity contribution is 0.0525. The van der Waals surface area contributed by atoms with Crippen molar-refractivity contribution in [2.75, 3.05) is 23.8 Å². The van der Waals surface area contributed by atoms with Gasteiger partial charge in [-0.1, -0.05) is 18.2 Å². The molecule has 3 N–H and O–H groups in total. The number of benzene rings is 3. The number of nitrogens with one attached hydrogen (secondary N) is 3. The van der Waals surface area contributed by atoms with Gasteiger partial charge < -0.3 is 25.4 Å². The minimum atomic E-state index is -0.703. The zero-order chi connectivity index (χ0) is 31.9. The van der Waals surface area contributed by atoms with Crippen molar-refractivity contribution in [2.24, 2.45) is 0 Å². The van der Waals surface area contributed by atoms with E-state index in [0.717, 1.165) is 22.2 Å². The molecule has 10 heteroatoms. The monoisotopic (exact) mass is 594 g/mol. The molecule has 0 spiro atoms. The maximum Gasteiger partial charge on any atom is 0.407 e. The van der Waals surface area contributed by atoms with Gasteiger partial charge in [0.25, 0.3) is 5.91 Å². The number of ether oxygens (including phenoxy) is 2. The zero-order valence-electron chi connectivity index (χ0n) is 25.9. The Morgan fingerprint density at radius 1 is 0.977 bits per heavy atom. The second-order valence-electron chi connectivity index (χ2n) is 12.0. The van der Waals surface area contributed by atoms with Crippen molar-refractivity contribution in [1.82, 2.24) is 15.3 Å². The number of amides is 2. The molecule has 1 heterocycles. The summed E-state index contributed by atoms with van der Waals surface area (Å²) in [4.78, 5) is 33.7. The van der Waals surface area contributed by atoms with Crippen molar-refractivity contribution >= 4 is 40.1 Å². The van der Waals surface area contributed by atoms with Crippen molar-refractivity contribution in [2.45, 2.75) is 59.0 Å². The summed E-state index contributed by atoms with van der Waals surface area (Å²) in [5, 5.41) is 19.3. The Bertz CT molecular complexity index is 1700. The fourth-order valence-corrected chi connectivity index (χ4v) is 4.27. The van der Waals surface area contributed by atoms with Crippen molar-refractivity contribution in [3.8, 4) is 11.8 Å². The number of carbonyl (C=O) groups is 2. The molecular formula is C34H38N6O4. The minimum absolute atomic E-state index is 0.268.